The van der Waals surface area contributed by atoms with Crippen molar-refractivity contribution in [3.05, 3.63) is 66.2 Å². The lowest BCUT2D eigenvalue weighted by Crippen LogP contribution is -2.27. The van der Waals surface area contributed by atoms with Crippen LogP contribution in [0.2, 0.25) is 0 Å². The largest absolute Gasteiger partial charge is 0.416 e. The standard InChI is InChI=1S/C17H14F3N5O/c18-17(19,20)13-4-2-12(3-5-13)16(26)24-9-11-25-10-8-23-15(25)14-21-6-1-7-22-14/h1-8,10H,9,11H2,(H,24,26). The van der Waals surface area contributed by atoms with Crippen LogP contribution in [0, 0.1) is 0 Å². The molecule has 1 aromatic carbocycles. The minimum Gasteiger partial charge on any atom is -0.350 e. The van der Waals surface area contributed by atoms with Gasteiger partial charge >= 0.3 is 6.18 Å². The lowest BCUT2D eigenvalue weighted by atomic mass is 10.1. The Hall–Kier alpha value is -3.23. The van der Waals surface area contributed by atoms with Crippen LogP contribution in [0.5, 0.6) is 0 Å². The van der Waals surface area contributed by atoms with Gasteiger partial charge in [-0.2, -0.15) is 13.2 Å². The number of amides is 1. The zero-order valence-corrected chi connectivity index (χ0v) is 13.4. The first kappa shape index (κ1) is 17.6. The van der Waals surface area contributed by atoms with Crippen LogP contribution < -0.4 is 5.32 Å². The first-order chi connectivity index (χ1) is 12.4. The molecule has 0 saturated carbocycles. The molecule has 0 unspecified atom stereocenters. The van der Waals surface area contributed by atoms with E-state index in [2.05, 4.69) is 20.3 Å². The van der Waals surface area contributed by atoms with Crippen molar-refractivity contribution < 1.29 is 18.0 Å². The number of halogens is 3. The van der Waals surface area contributed by atoms with Crippen LogP contribution in [0.4, 0.5) is 13.2 Å². The van der Waals surface area contributed by atoms with Crippen molar-refractivity contribution in [3.63, 3.8) is 0 Å². The Morgan fingerprint density at radius 1 is 1.04 bits per heavy atom. The number of rotatable bonds is 5. The second-order valence-corrected chi connectivity index (χ2v) is 5.35. The molecule has 134 valence electrons. The molecule has 0 bridgehead atoms. The topological polar surface area (TPSA) is 72.7 Å². The van der Waals surface area contributed by atoms with E-state index in [0.717, 1.165) is 24.3 Å². The summed E-state index contributed by atoms with van der Waals surface area (Å²) in [4.78, 5) is 24.5. The van der Waals surface area contributed by atoms with Crippen molar-refractivity contribution in [1.29, 1.82) is 0 Å². The number of benzene rings is 1. The Balaban J connectivity index is 1.59. The smallest absolute Gasteiger partial charge is 0.350 e. The lowest BCUT2D eigenvalue weighted by molar-refractivity contribution is -0.137. The Morgan fingerprint density at radius 2 is 1.73 bits per heavy atom. The third-order valence-corrected chi connectivity index (χ3v) is 3.59. The SMILES string of the molecule is O=C(NCCn1ccnc1-c1ncccn1)c1ccc(C(F)(F)F)cc1. The molecular formula is C17H14F3N5O. The molecule has 0 spiro atoms. The van der Waals surface area contributed by atoms with Crippen molar-refractivity contribution in [2.45, 2.75) is 12.7 Å². The summed E-state index contributed by atoms with van der Waals surface area (Å²) in [6.45, 7) is 0.690. The summed E-state index contributed by atoms with van der Waals surface area (Å²) in [5, 5.41) is 2.66. The molecule has 2 heterocycles. The van der Waals surface area contributed by atoms with E-state index in [1.54, 1.807) is 35.4 Å². The maximum atomic E-state index is 12.5. The van der Waals surface area contributed by atoms with Gasteiger partial charge in [-0.3, -0.25) is 4.79 Å². The van der Waals surface area contributed by atoms with Crippen LogP contribution in [0.1, 0.15) is 15.9 Å². The van der Waals surface area contributed by atoms with Gasteiger partial charge in [-0.05, 0) is 30.3 Å². The van der Waals surface area contributed by atoms with E-state index in [0.29, 0.717) is 18.2 Å². The molecule has 0 atom stereocenters. The molecule has 2 aromatic heterocycles. The molecule has 3 rings (SSSR count). The first-order valence-electron chi connectivity index (χ1n) is 7.69. The van der Waals surface area contributed by atoms with Crippen molar-refractivity contribution in [2.75, 3.05) is 6.54 Å². The quantitative estimate of drug-likeness (QED) is 0.759. The first-order valence-corrected chi connectivity index (χ1v) is 7.69. The number of carbonyl (C=O) groups is 1. The van der Waals surface area contributed by atoms with Crippen molar-refractivity contribution in [3.8, 4) is 11.6 Å². The Kier molecular flexibility index (Phi) is 4.97. The summed E-state index contributed by atoms with van der Waals surface area (Å²) in [5.41, 5.74) is -0.629. The fourth-order valence-electron chi connectivity index (χ4n) is 2.31. The number of hydrogen-bond acceptors (Lipinski definition) is 4. The molecule has 0 saturated heterocycles. The highest BCUT2D eigenvalue weighted by Crippen LogP contribution is 2.29. The van der Waals surface area contributed by atoms with Gasteiger partial charge in [0.15, 0.2) is 11.6 Å². The van der Waals surface area contributed by atoms with Gasteiger partial charge in [-0.25, -0.2) is 15.0 Å². The molecule has 1 amide bonds. The highest BCUT2D eigenvalue weighted by Gasteiger charge is 2.30. The highest BCUT2D eigenvalue weighted by molar-refractivity contribution is 5.94. The third kappa shape index (κ3) is 4.05. The molecule has 1 N–H and O–H groups in total. The van der Waals surface area contributed by atoms with Gasteiger partial charge < -0.3 is 9.88 Å². The average Bonchev–Trinajstić information content (AvgIpc) is 3.10. The van der Waals surface area contributed by atoms with Crippen molar-refractivity contribution >= 4 is 5.91 Å². The molecule has 6 nitrogen and oxygen atoms in total. The molecule has 0 aliphatic rings. The van der Waals surface area contributed by atoms with E-state index in [1.807, 2.05) is 0 Å². The van der Waals surface area contributed by atoms with Crippen LogP contribution in [0.25, 0.3) is 11.6 Å². The summed E-state index contributed by atoms with van der Waals surface area (Å²) >= 11 is 0. The van der Waals surface area contributed by atoms with E-state index in [9.17, 15) is 18.0 Å². The minimum absolute atomic E-state index is 0.162. The van der Waals surface area contributed by atoms with E-state index in [1.165, 1.54) is 0 Å². The lowest BCUT2D eigenvalue weighted by Gasteiger charge is -2.10. The molecule has 3 aromatic rings. The maximum absolute atomic E-state index is 12.5. The number of nitrogens with one attached hydrogen (secondary N) is 1. The van der Waals surface area contributed by atoms with Gasteiger partial charge in [0.05, 0.1) is 5.56 Å². The summed E-state index contributed by atoms with van der Waals surface area (Å²) in [6, 6.07) is 5.77. The van der Waals surface area contributed by atoms with Crippen LogP contribution in [0.3, 0.4) is 0 Å². The van der Waals surface area contributed by atoms with E-state index < -0.39 is 17.6 Å². The van der Waals surface area contributed by atoms with E-state index >= 15 is 0 Å². The minimum atomic E-state index is -4.42. The number of aromatic nitrogens is 4. The zero-order valence-electron chi connectivity index (χ0n) is 13.4. The van der Waals surface area contributed by atoms with Gasteiger partial charge in [-0.15, -0.1) is 0 Å². The van der Waals surface area contributed by atoms with Gasteiger partial charge in [0.2, 0.25) is 0 Å². The molecule has 0 aliphatic heterocycles. The van der Waals surface area contributed by atoms with Crippen LogP contribution in [-0.2, 0) is 12.7 Å². The highest BCUT2D eigenvalue weighted by atomic mass is 19.4. The Morgan fingerprint density at radius 3 is 2.38 bits per heavy atom. The van der Waals surface area contributed by atoms with Gasteiger partial charge in [0.1, 0.15) is 0 Å². The van der Waals surface area contributed by atoms with Crippen LogP contribution in [-0.4, -0.2) is 32.0 Å². The number of alkyl halides is 3. The predicted molar refractivity (Wildman–Crippen MR) is 87.0 cm³/mol. The van der Waals surface area contributed by atoms with Crippen LogP contribution >= 0.6 is 0 Å². The van der Waals surface area contributed by atoms with Gasteiger partial charge in [0, 0.05) is 43.4 Å². The van der Waals surface area contributed by atoms with Gasteiger partial charge in [0.25, 0.3) is 5.91 Å². The number of hydrogen-bond donors (Lipinski definition) is 1. The Bertz CT molecular complexity index is 875. The normalized spacial score (nSPS) is 11.3. The summed E-state index contributed by atoms with van der Waals surface area (Å²) < 4.78 is 39.4. The third-order valence-electron chi connectivity index (χ3n) is 3.59. The molecular weight excluding hydrogens is 347 g/mol. The van der Waals surface area contributed by atoms with Crippen molar-refractivity contribution in [2.24, 2.45) is 0 Å². The van der Waals surface area contributed by atoms with Crippen molar-refractivity contribution in [1.82, 2.24) is 24.8 Å². The number of nitrogens with zero attached hydrogens (tertiary/aromatic N) is 4. The summed E-state index contributed by atoms with van der Waals surface area (Å²) in [5.74, 6) is 0.581. The zero-order chi connectivity index (χ0) is 18.6. The fourth-order valence-corrected chi connectivity index (χ4v) is 2.31. The Labute approximate surface area is 146 Å². The second-order valence-electron chi connectivity index (χ2n) is 5.35. The fraction of sp³-hybridized carbons (Fsp3) is 0.176. The van der Waals surface area contributed by atoms with Crippen LogP contribution in [0.15, 0.2) is 55.1 Å². The van der Waals surface area contributed by atoms with E-state index in [-0.39, 0.29) is 12.1 Å². The molecule has 26 heavy (non-hydrogen) atoms. The maximum Gasteiger partial charge on any atom is 0.416 e. The number of carbonyl (C=O) groups excluding carboxylic acids is 1. The molecule has 0 aliphatic carbocycles. The summed E-state index contributed by atoms with van der Waals surface area (Å²) in [6.07, 6.45) is 2.12. The molecule has 9 heteroatoms. The predicted octanol–water partition coefficient (Wildman–Crippen LogP) is 2.79. The van der Waals surface area contributed by atoms with E-state index in [4.69, 9.17) is 0 Å². The number of imidazole rings is 1. The second kappa shape index (κ2) is 7.34. The molecule has 0 fully saturated rings. The molecule has 0 radical (unpaired) electrons. The average molecular weight is 361 g/mol. The monoisotopic (exact) mass is 361 g/mol. The summed E-state index contributed by atoms with van der Waals surface area (Å²) in [7, 11) is 0. The van der Waals surface area contributed by atoms with Gasteiger partial charge in [-0.1, -0.05) is 0 Å².